The SMILES string of the molecule is Cc1cscc1C(=O)Nc1nc(-c2ccc(N)cc2)cs1. The van der Waals surface area contributed by atoms with E-state index in [9.17, 15) is 4.79 Å². The Morgan fingerprint density at radius 2 is 1.95 bits per heavy atom. The molecule has 1 amide bonds. The third-order valence-corrected chi connectivity index (χ3v) is 4.65. The molecule has 106 valence electrons. The van der Waals surface area contributed by atoms with Crippen LogP contribution in [0.1, 0.15) is 15.9 Å². The highest BCUT2D eigenvalue weighted by Gasteiger charge is 2.12. The number of carbonyl (C=O) groups excluding carboxylic acids is 1. The molecule has 4 nitrogen and oxygen atoms in total. The molecule has 0 saturated carbocycles. The lowest BCUT2D eigenvalue weighted by molar-refractivity contribution is 0.102. The number of nitrogens with two attached hydrogens (primary N) is 1. The monoisotopic (exact) mass is 315 g/mol. The summed E-state index contributed by atoms with van der Waals surface area (Å²) in [5.41, 5.74) is 9.88. The molecule has 2 heterocycles. The molecular formula is C15H13N3OS2. The number of hydrogen-bond acceptors (Lipinski definition) is 5. The van der Waals surface area contributed by atoms with E-state index in [2.05, 4.69) is 10.3 Å². The van der Waals surface area contributed by atoms with Crippen LogP contribution in [-0.4, -0.2) is 10.9 Å². The highest BCUT2D eigenvalue weighted by molar-refractivity contribution is 7.14. The molecule has 0 aliphatic heterocycles. The average Bonchev–Trinajstić information content (AvgIpc) is 3.09. The van der Waals surface area contributed by atoms with Crippen LogP contribution in [-0.2, 0) is 0 Å². The van der Waals surface area contributed by atoms with Gasteiger partial charge in [-0.2, -0.15) is 11.3 Å². The molecule has 1 aromatic carbocycles. The van der Waals surface area contributed by atoms with Gasteiger partial charge in [0.25, 0.3) is 5.91 Å². The number of thiophene rings is 1. The van der Waals surface area contributed by atoms with E-state index < -0.39 is 0 Å². The number of anilines is 2. The first-order valence-corrected chi connectivity index (χ1v) is 8.11. The number of thiazole rings is 1. The lowest BCUT2D eigenvalue weighted by atomic mass is 10.1. The van der Waals surface area contributed by atoms with E-state index in [1.807, 2.05) is 47.3 Å². The van der Waals surface area contributed by atoms with Gasteiger partial charge >= 0.3 is 0 Å². The molecule has 3 N–H and O–H groups in total. The maximum absolute atomic E-state index is 12.1. The van der Waals surface area contributed by atoms with Gasteiger partial charge in [0.2, 0.25) is 0 Å². The van der Waals surface area contributed by atoms with Crippen LogP contribution in [0.4, 0.5) is 10.8 Å². The molecule has 0 aliphatic rings. The third kappa shape index (κ3) is 2.96. The second kappa shape index (κ2) is 5.67. The van der Waals surface area contributed by atoms with Crippen molar-refractivity contribution in [1.29, 1.82) is 0 Å². The molecule has 0 radical (unpaired) electrons. The summed E-state index contributed by atoms with van der Waals surface area (Å²) in [4.78, 5) is 16.6. The number of aromatic nitrogens is 1. The molecule has 0 bridgehead atoms. The van der Waals surface area contributed by atoms with Crippen molar-refractivity contribution < 1.29 is 4.79 Å². The van der Waals surface area contributed by atoms with Gasteiger partial charge in [0.15, 0.2) is 5.13 Å². The van der Waals surface area contributed by atoms with E-state index in [0.717, 1.165) is 22.5 Å². The summed E-state index contributed by atoms with van der Waals surface area (Å²) in [5.74, 6) is -0.119. The standard InChI is InChI=1S/C15H13N3OS2/c1-9-6-20-7-12(9)14(19)18-15-17-13(8-21-15)10-2-4-11(16)5-3-10/h2-8H,16H2,1H3,(H,17,18,19). The van der Waals surface area contributed by atoms with Crippen molar-refractivity contribution in [1.82, 2.24) is 4.98 Å². The zero-order chi connectivity index (χ0) is 14.8. The van der Waals surface area contributed by atoms with E-state index >= 15 is 0 Å². The second-order valence-corrected chi connectivity index (χ2v) is 6.18. The fourth-order valence-corrected chi connectivity index (χ4v) is 3.42. The quantitative estimate of drug-likeness (QED) is 0.717. The van der Waals surface area contributed by atoms with Gasteiger partial charge in [-0.05, 0) is 30.0 Å². The first-order valence-electron chi connectivity index (χ1n) is 6.29. The lowest BCUT2D eigenvalue weighted by Crippen LogP contribution is -2.11. The Hall–Kier alpha value is -2.18. The number of nitrogens with one attached hydrogen (secondary N) is 1. The molecule has 3 rings (SSSR count). The maximum Gasteiger partial charge on any atom is 0.258 e. The Kier molecular flexibility index (Phi) is 3.72. The topological polar surface area (TPSA) is 68.0 Å². The van der Waals surface area contributed by atoms with Crippen LogP contribution >= 0.6 is 22.7 Å². The van der Waals surface area contributed by atoms with Crippen molar-refractivity contribution in [3.05, 3.63) is 51.5 Å². The number of rotatable bonds is 3. The van der Waals surface area contributed by atoms with Crippen LogP contribution in [0.15, 0.2) is 40.4 Å². The number of nitrogens with zero attached hydrogens (tertiary/aromatic N) is 1. The van der Waals surface area contributed by atoms with Crippen molar-refractivity contribution >= 4 is 39.4 Å². The van der Waals surface area contributed by atoms with Crippen LogP contribution in [0.2, 0.25) is 0 Å². The van der Waals surface area contributed by atoms with Gasteiger partial charge in [-0.1, -0.05) is 12.1 Å². The Morgan fingerprint density at radius 1 is 1.19 bits per heavy atom. The third-order valence-electron chi connectivity index (χ3n) is 3.03. The molecule has 0 fully saturated rings. The number of benzene rings is 1. The second-order valence-electron chi connectivity index (χ2n) is 4.58. The Morgan fingerprint density at radius 3 is 2.62 bits per heavy atom. The number of carbonyl (C=O) groups is 1. The lowest BCUT2D eigenvalue weighted by Gasteiger charge is -2.00. The van der Waals surface area contributed by atoms with Crippen LogP contribution in [0.25, 0.3) is 11.3 Å². The molecule has 0 atom stereocenters. The van der Waals surface area contributed by atoms with Crippen LogP contribution in [0.3, 0.4) is 0 Å². The highest BCUT2D eigenvalue weighted by Crippen LogP contribution is 2.26. The predicted molar refractivity (Wildman–Crippen MR) is 89.0 cm³/mol. The zero-order valence-electron chi connectivity index (χ0n) is 11.3. The molecule has 0 spiro atoms. The summed E-state index contributed by atoms with van der Waals surface area (Å²) in [6.07, 6.45) is 0. The smallest absolute Gasteiger partial charge is 0.258 e. The molecule has 0 aliphatic carbocycles. The minimum atomic E-state index is -0.119. The van der Waals surface area contributed by atoms with Gasteiger partial charge in [0, 0.05) is 22.0 Å². The van der Waals surface area contributed by atoms with Gasteiger partial charge < -0.3 is 5.73 Å². The maximum atomic E-state index is 12.1. The Labute approximate surface area is 130 Å². The fraction of sp³-hybridized carbons (Fsp3) is 0.0667. The van der Waals surface area contributed by atoms with Gasteiger partial charge in [-0.15, -0.1) is 11.3 Å². The molecular weight excluding hydrogens is 302 g/mol. The average molecular weight is 315 g/mol. The van der Waals surface area contributed by atoms with E-state index in [-0.39, 0.29) is 5.91 Å². The summed E-state index contributed by atoms with van der Waals surface area (Å²) < 4.78 is 0. The molecule has 0 saturated heterocycles. The Bertz CT molecular complexity index is 774. The predicted octanol–water partition coefficient (Wildman–Crippen LogP) is 4.01. The van der Waals surface area contributed by atoms with Crippen LogP contribution in [0, 0.1) is 6.92 Å². The minimum Gasteiger partial charge on any atom is -0.399 e. The van der Waals surface area contributed by atoms with Crippen molar-refractivity contribution in [2.24, 2.45) is 0 Å². The van der Waals surface area contributed by atoms with Gasteiger partial charge in [-0.25, -0.2) is 4.98 Å². The van der Waals surface area contributed by atoms with Crippen molar-refractivity contribution in [2.45, 2.75) is 6.92 Å². The summed E-state index contributed by atoms with van der Waals surface area (Å²) in [6, 6.07) is 7.50. The summed E-state index contributed by atoms with van der Waals surface area (Å²) >= 11 is 2.93. The fourth-order valence-electron chi connectivity index (χ4n) is 1.88. The van der Waals surface area contributed by atoms with Crippen LogP contribution < -0.4 is 11.1 Å². The van der Waals surface area contributed by atoms with Crippen LogP contribution in [0.5, 0.6) is 0 Å². The molecule has 2 aromatic heterocycles. The largest absolute Gasteiger partial charge is 0.399 e. The number of amides is 1. The molecule has 3 aromatic rings. The normalized spacial score (nSPS) is 10.5. The van der Waals surface area contributed by atoms with Gasteiger partial charge in [0.05, 0.1) is 11.3 Å². The number of aryl methyl sites for hydroxylation is 1. The minimum absolute atomic E-state index is 0.119. The molecule has 21 heavy (non-hydrogen) atoms. The summed E-state index contributed by atoms with van der Waals surface area (Å²) in [5, 5.41) is 9.15. The first kappa shape index (κ1) is 13.8. The molecule has 0 unspecified atom stereocenters. The highest BCUT2D eigenvalue weighted by atomic mass is 32.1. The number of nitrogen functional groups attached to an aromatic ring is 1. The number of hydrogen-bond donors (Lipinski definition) is 2. The van der Waals surface area contributed by atoms with Crippen molar-refractivity contribution in [3.63, 3.8) is 0 Å². The van der Waals surface area contributed by atoms with Crippen molar-refractivity contribution in [2.75, 3.05) is 11.1 Å². The van der Waals surface area contributed by atoms with Gasteiger partial charge in [0.1, 0.15) is 0 Å². The molecule has 6 heteroatoms. The summed E-state index contributed by atoms with van der Waals surface area (Å²) in [6.45, 7) is 1.92. The zero-order valence-corrected chi connectivity index (χ0v) is 12.9. The summed E-state index contributed by atoms with van der Waals surface area (Å²) in [7, 11) is 0. The van der Waals surface area contributed by atoms with E-state index in [1.54, 1.807) is 0 Å². The van der Waals surface area contributed by atoms with Crippen molar-refractivity contribution in [3.8, 4) is 11.3 Å². The van der Waals surface area contributed by atoms with E-state index in [0.29, 0.717) is 10.7 Å². The van der Waals surface area contributed by atoms with E-state index in [4.69, 9.17) is 5.73 Å². The Balaban J connectivity index is 1.78. The van der Waals surface area contributed by atoms with E-state index in [1.165, 1.54) is 22.7 Å². The first-order chi connectivity index (χ1) is 10.1. The van der Waals surface area contributed by atoms with Gasteiger partial charge in [-0.3, -0.25) is 10.1 Å².